The lowest BCUT2D eigenvalue weighted by Gasteiger charge is -2.11. The molecule has 6 heteroatoms. The van der Waals surface area contributed by atoms with Gasteiger partial charge in [-0.15, -0.1) is 11.6 Å². The predicted molar refractivity (Wildman–Crippen MR) is 48.7 cm³/mol. The molecule has 74 valence electrons. The van der Waals surface area contributed by atoms with Crippen molar-refractivity contribution in [2.75, 3.05) is 18.4 Å². The molecule has 0 bridgehead atoms. The van der Waals surface area contributed by atoms with Crippen LogP contribution in [0.2, 0.25) is 0 Å². The summed E-state index contributed by atoms with van der Waals surface area (Å²) in [6, 6.07) is 0. The van der Waals surface area contributed by atoms with Gasteiger partial charge in [-0.05, 0) is 13.8 Å². The van der Waals surface area contributed by atoms with E-state index in [4.69, 9.17) is 16.3 Å². The first-order valence-corrected chi connectivity index (χ1v) is 5.85. The number of hydrogen-bond acceptors (Lipinski definition) is 3. The molecular formula is C6H14ClNO3S. The van der Waals surface area contributed by atoms with Gasteiger partial charge in [-0.2, -0.15) is 0 Å². The third-order valence-corrected chi connectivity index (χ3v) is 2.94. The van der Waals surface area contributed by atoms with Gasteiger partial charge in [-0.25, -0.2) is 13.1 Å². The maximum Gasteiger partial charge on any atom is 0.225 e. The van der Waals surface area contributed by atoms with E-state index in [-0.39, 0.29) is 12.6 Å². The van der Waals surface area contributed by atoms with Crippen LogP contribution in [0.3, 0.4) is 0 Å². The first kappa shape index (κ1) is 12.2. The van der Waals surface area contributed by atoms with Crippen LogP contribution < -0.4 is 4.72 Å². The zero-order valence-electron chi connectivity index (χ0n) is 7.21. The minimum absolute atomic E-state index is 0.118. The van der Waals surface area contributed by atoms with Crippen molar-refractivity contribution in [3.8, 4) is 0 Å². The van der Waals surface area contributed by atoms with Gasteiger partial charge in [0.15, 0.2) is 0 Å². The summed E-state index contributed by atoms with van der Waals surface area (Å²) in [6.45, 7) is 4.49. The summed E-state index contributed by atoms with van der Waals surface area (Å²) < 4.78 is 29.0. The van der Waals surface area contributed by atoms with Crippen LogP contribution >= 0.6 is 11.6 Å². The Balaban J connectivity index is 3.68. The normalized spacial score (nSPS) is 14.6. The summed E-state index contributed by atoms with van der Waals surface area (Å²) in [7, 11) is -3.30. The smallest absolute Gasteiger partial charge is 0.225 e. The van der Waals surface area contributed by atoms with E-state index in [9.17, 15) is 8.42 Å². The molecule has 0 heterocycles. The Kier molecular flexibility index (Phi) is 5.82. The van der Waals surface area contributed by atoms with E-state index < -0.39 is 15.2 Å². The van der Waals surface area contributed by atoms with Crippen molar-refractivity contribution >= 4 is 21.6 Å². The summed E-state index contributed by atoms with van der Waals surface area (Å²) in [5, 5.41) is -0.411. The molecule has 1 N–H and O–H groups in total. The van der Waals surface area contributed by atoms with Gasteiger partial charge in [-0.1, -0.05) is 0 Å². The Labute approximate surface area is 78.3 Å². The Morgan fingerprint density at radius 3 is 2.58 bits per heavy atom. The first-order valence-electron chi connectivity index (χ1n) is 3.66. The number of nitrogens with one attached hydrogen (secondary N) is 1. The van der Waals surface area contributed by atoms with Crippen molar-refractivity contribution in [1.29, 1.82) is 0 Å². The summed E-state index contributed by atoms with van der Waals surface area (Å²) >= 11 is 5.16. The van der Waals surface area contributed by atoms with Crippen LogP contribution in [-0.2, 0) is 14.8 Å². The number of halogens is 1. The van der Waals surface area contributed by atoms with Crippen molar-refractivity contribution in [2.45, 2.75) is 20.0 Å². The van der Waals surface area contributed by atoms with Gasteiger partial charge in [-0.3, -0.25) is 0 Å². The number of ether oxygens (including phenoxy) is 1. The van der Waals surface area contributed by atoms with Gasteiger partial charge in [0.1, 0.15) is 5.21 Å². The highest BCUT2D eigenvalue weighted by atomic mass is 35.5. The van der Waals surface area contributed by atoms with Crippen LogP contribution in [0.15, 0.2) is 0 Å². The molecule has 0 aliphatic carbocycles. The molecule has 0 rings (SSSR count). The van der Waals surface area contributed by atoms with Crippen LogP contribution in [0.25, 0.3) is 0 Å². The van der Waals surface area contributed by atoms with Crippen molar-refractivity contribution < 1.29 is 13.2 Å². The van der Waals surface area contributed by atoms with E-state index in [1.165, 1.54) is 0 Å². The number of sulfonamides is 1. The van der Waals surface area contributed by atoms with E-state index in [2.05, 4.69) is 4.72 Å². The zero-order valence-corrected chi connectivity index (χ0v) is 8.78. The maximum atomic E-state index is 10.8. The molecule has 0 fully saturated rings. The summed E-state index contributed by atoms with van der Waals surface area (Å²) in [5.74, 6) is 0. The van der Waals surface area contributed by atoms with Crippen LogP contribution in [0.4, 0.5) is 0 Å². The van der Waals surface area contributed by atoms with E-state index in [1.807, 2.05) is 6.92 Å². The van der Waals surface area contributed by atoms with Crippen LogP contribution in [0.5, 0.6) is 0 Å². The van der Waals surface area contributed by atoms with Crippen molar-refractivity contribution in [1.82, 2.24) is 4.72 Å². The van der Waals surface area contributed by atoms with Gasteiger partial charge in [0.25, 0.3) is 0 Å². The van der Waals surface area contributed by atoms with Gasteiger partial charge in [0.2, 0.25) is 10.0 Å². The molecule has 0 amide bonds. The minimum Gasteiger partial charge on any atom is -0.377 e. The lowest BCUT2D eigenvalue weighted by Crippen LogP contribution is -2.32. The predicted octanol–water partition coefficient (Wildman–Crippen LogP) is 0.527. The van der Waals surface area contributed by atoms with E-state index in [0.717, 1.165) is 0 Å². The van der Waals surface area contributed by atoms with Gasteiger partial charge in [0.05, 0.1) is 6.10 Å². The molecule has 12 heavy (non-hydrogen) atoms. The Morgan fingerprint density at radius 1 is 1.58 bits per heavy atom. The SMILES string of the molecule is CCOC(C)CNS(=O)(=O)CCl. The van der Waals surface area contributed by atoms with Crippen LogP contribution in [-0.4, -0.2) is 32.9 Å². The molecule has 0 aliphatic heterocycles. The lowest BCUT2D eigenvalue weighted by molar-refractivity contribution is 0.0800. The molecule has 0 saturated heterocycles. The molecule has 1 atom stereocenters. The molecule has 0 spiro atoms. The molecule has 4 nitrogen and oxygen atoms in total. The second kappa shape index (κ2) is 5.75. The Hall–Kier alpha value is 0.160. The molecule has 0 saturated carbocycles. The fraction of sp³-hybridized carbons (Fsp3) is 1.00. The zero-order chi connectivity index (χ0) is 9.61. The lowest BCUT2D eigenvalue weighted by atomic mass is 10.4. The highest BCUT2D eigenvalue weighted by Gasteiger charge is 2.09. The summed E-state index contributed by atoms with van der Waals surface area (Å²) in [6.07, 6.45) is -0.118. The average molecular weight is 216 g/mol. The van der Waals surface area contributed by atoms with Crippen LogP contribution in [0, 0.1) is 0 Å². The van der Waals surface area contributed by atoms with Crippen molar-refractivity contribution in [3.63, 3.8) is 0 Å². The molecular weight excluding hydrogens is 202 g/mol. The fourth-order valence-corrected chi connectivity index (χ4v) is 1.42. The quantitative estimate of drug-likeness (QED) is 0.658. The third-order valence-electron chi connectivity index (χ3n) is 1.19. The van der Waals surface area contributed by atoms with E-state index >= 15 is 0 Å². The average Bonchev–Trinajstić information content (AvgIpc) is 2.02. The van der Waals surface area contributed by atoms with E-state index in [0.29, 0.717) is 6.61 Å². The standard InChI is InChI=1S/C6H14ClNO3S/c1-3-11-6(2)4-8-12(9,10)5-7/h6,8H,3-5H2,1-2H3. The third kappa shape index (κ3) is 5.77. The van der Waals surface area contributed by atoms with Crippen molar-refractivity contribution in [3.05, 3.63) is 0 Å². The summed E-state index contributed by atoms with van der Waals surface area (Å²) in [5.41, 5.74) is 0. The van der Waals surface area contributed by atoms with E-state index in [1.54, 1.807) is 6.92 Å². The highest BCUT2D eigenvalue weighted by Crippen LogP contribution is 1.92. The molecule has 0 radical (unpaired) electrons. The van der Waals surface area contributed by atoms with Gasteiger partial charge in [0, 0.05) is 13.2 Å². The second-order valence-corrected chi connectivity index (χ2v) is 4.73. The maximum absolute atomic E-state index is 10.8. The molecule has 0 aromatic heterocycles. The Morgan fingerprint density at radius 2 is 2.17 bits per heavy atom. The topological polar surface area (TPSA) is 55.4 Å². The number of alkyl halides is 1. The second-order valence-electron chi connectivity index (χ2n) is 2.34. The molecule has 0 aliphatic rings. The van der Waals surface area contributed by atoms with Gasteiger partial charge >= 0.3 is 0 Å². The first-order chi connectivity index (χ1) is 5.52. The Bertz CT molecular complexity index is 205. The van der Waals surface area contributed by atoms with Crippen LogP contribution in [0.1, 0.15) is 13.8 Å². The fourth-order valence-electron chi connectivity index (χ4n) is 0.626. The molecule has 0 aromatic carbocycles. The highest BCUT2D eigenvalue weighted by molar-refractivity contribution is 7.90. The molecule has 0 aromatic rings. The monoisotopic (exact) mass is 215 g/mol. The largest absolute Gasteiger partial charge is 0.377 e. The van der Waals surface area contributed by atoms with Gasteiger partial charge < -0.3 is 4.74 Å². The number of rotatable bonds is 6. The molecule has 1 unspecified atom stereocenters. The summed E-state index contributed by atoms with van der Waals surface area (Å²) in [4.78, 5) is 0. The number of hydrogen-bond donors (Lipinski definition) is 1. The minimum atomic E-state index is -3.30. The van der Waals surface area contributed by atoms with Crippen molar-refractivity contribution in [2.24, 2.45) is 0 Å².